The van der Waals surface area contributed by atoms with Gasteiger partial charge in [0.25, 0.3) is 5.91 Å². The number of hydrogen-bond acceptors (Lipinski definition) is 3. The van der Waals surface area contributed by atoms with E-state index in [4.69, 9.17) is 21.4 Å². The van der Waals surface area contributed by atoms with Gasteiger partial charge in [-0.15, -0.1) is 0 Å². The van der Waals surface area contributed by atoms with Crippen molar-refractivity contribution in [2.75, 3.05) is 6.54 Å². The number of aliphatic carboxylic acids is 1. The van der Waals surface area contributed by atoms with Gasteiger partial charge in [-0.05, 0) is 90.4 Å². The molecule has 1 atom stereocenters. The average Bonchev–Trinajstić information content (AvgIpc) is 2.79. The molecule has 3 aromatic carbocycles. The second-order valence-corrected chi connectivity index (χ2v) is 9.63. The Morgan fingerprint density at radius 1 is 0.971 bits per heavy atom. The molecule has 35 heavy (non-hydrogen) atoms. The third kappa shape index (κ3) is 7.33. The number of carbonyl (C=O) groups is 2. The lowest BCUT2D eigenvalue weighted by molar-refractivity contribution is -0.136. The van der Waals surface area contributed by atoms with Gasteiger partial charge in [0.05, 0.1) is 6.42 Å². The maximum Gasteiger partial charge on any atom is 0.305 e. The Morgan fingerprint density at radius 2 is 1.57 bits per heavy atom. The largest absolute Gasteiger partial charge is 0.486 e. The quantitative estimate of drug-likeness (QED) is 0.319. The number of benzene rings is 3. The first kappa shape index (κ1) is 26.3. The molecule has 0 saturated heterocycles. The van der Waals surface area contributed by atoms with Gasteiger partial charge in [-0.2, -0.15) is 0 Å². The highest BCUT2D eigenvalue weighted by Crippen LogP contribution is 2.34. The molecule has 0 spiro atoms. The fourth-order valence-corrected chi connectivity index (χ4v) is 4.27. The van der Waals surface area contributed by atoms with Crippen LogP contribution < -0.4 is 10.1 Å². The first-order valence-corrected chi connectivity index (χ1v) is 12.2. The second-order valence-electron chi connectivity index (χ2n) is 9.20. The van der Waals surface area contributed by atoms with Crippen LogP contribution in [-0.2, 0) is 4.79 Å². The number of amides is 1. The van der Waals surface area contributed by atoms with Crippen LogP contribution in [0.3, 0.4) is 0 Å². The lowest BCUT2D eigenvalue weighted by Gasteiger charge is -2.23. The Labute approximate surface area is 212 Å². The van der Waals surface area contributed by atoms with Gasteiger partial charge in [-0.1, -0.05) is 49.7 Å². The maximum absolute atomic E-state index is 12.3. The molecular formula is C29H32ClNO4. The van der Waals surface area contributed by atoms with Crippen molar-refractivity contribution in [3.05, 3.63) is 87.9 Å². The minimum Gasteiger partial charge on any atom is -0.486 e. The number of nitrogens with one attached hydrogen (secondary N) is 1. The predicted molar refractivity (Wildman–Crippen MR) is 140 cm³/mol. The number of carboxylic acids is 1. The molecule has 3 rings (SSSR count). The fraction of sp³-hybridized carbons (Fsp3) is 0.310. The number of halogens is 1. The van der Waals surface area contributed by atoms with Crippen LogP contribution >= 0.6 is 11.6 Å². The minimum absolute atomic E-state index is 0.0969. The molecule has 2 N–H and O–H groups in total. The van der Waals surface area contributed by atoms with E-state index in [1.54, 1.807) is 12.1 Å². The summed E-state index contributed by atoms with van der Waals surface area (Å²) in [6.07, 6.45) is 0.546. The maximum atomic E-state index is 12.3. The van der Waals surface area contributed by atoms with Gasteiger partial charge in [-0.25, -0.2) is 0 Å². The second kappa shape index (κ2) is 11.9. The van der Waals surface area contributed by atoms with E-state index in [2.05, 4.69) is 45.1 Å². The van der Waals surface area contributed by atoms with Crippen LogP contribution in [0.25, 0.3) is 11.1 Å². The number of carboxylic acid groups (broad SMARTS) is 1. The third-order valence-electron chi connectivity index (χ3n) is 5.77. The first-order valence-electron chi connectivity index (χ1n) is 11.8. The van der Waals surface area contributed by atoms with Crippen molar-refractivity contribution in [3.8, 4) is 16.9 Å². The highest BCUT2D eigenvalue weighted by atomic mass is 35.5. The van der Waals surface area contributed by atoms with Crippen molar-refractivity contribution in [2.24, 2.45) is 5.92 Å². The van der Waals surface area contributed by atoms with Crippen LogP contribution in [0.2, 0.25) is 5.02 Å². The summed E-state index contributed by atoms with van der Waals surface area (Å²) >= 11 is 6.06. The van der Waals surface area contributed by atoms with Gasteiger partial charge in [-0.3, -0.25) is 9.59 Å². The zero-order chi connectivity index (χ0) is 25.5. The van der Waals surface area contributed by atoms with Gasteiger partial charge in [0, 0.05) is 17.1 Å². The van der Waals surface area contributed by atoms with Gasteiger partial charge in [0.2, 0.25) is 0 Å². The van der Waals surface area contributed by atoms with E-state index in [0.29, 0.717) is 16.5 Å². The van der Waals surface area contributed by atoms with Crippen LogP contribution in [0, 0.1) is 19.8 Å². The zero-order valence-corrected chi connectivity index (χ0v) is 21.4. The molecule has 0 fully saturated rings. The standard InChI is InChI=1S/C29H32ClNO4/c1-18(2)15-26(21-5-7-23(8-6-21)29(34)31-14-13-27(32)33)35-25-16-19(3)28(20(4)17-25)22-9-11-24(30)12-10-22/h5-12,16-18,26H,13-15H2,1-4H3,(H,31,34)(H,32,33). The molecule has 0 aliphatic heterocycles. The summed E-state index contributed by atoms with van der Waals surface area (Å²) in [6.45, 7) is 8.57. The summed E-state index contributed by atoms with van der Waals surface area (Å²) in [5.74, 6) is -0.0162. The molecule has 6 heteroatoms. The molecule has 0 saturated carbocycles. The van der Waals surface area contributed by atoms with Crippen molar-refractivity contribution in [1.82, 2.24) is 5.32 Å². The minimum atomic E-state index is -0.944. The SMILES string of the molecule is Cc1cc(OC(CC(C)C)c2ccc(C(=O)NCCC(=O)O)cc2)cc(C)c1-c1ccc(Cl)cc1. The molecule has 3 aromatic rings. The fourth-order valence-electron chi connectivity index (χ4n) is 4.14. The van der Waals surface area contributed by atoms with Crippen LogP contribution in [0.15, 0.2) is 60.7 Å². The number of hydrogen-bond donors (Lipinski definition) is 2. The Balaban J connectivity index is 1.79. The number of rotatable bonds is 10. The van der Waals surface area contributed by atoms with E-state index in [9.17, 15) is 9.59 Å². The molecule has 0 heterocycles. The molecular weight excluding hydrogens is 462 g/mol. The molecule has 1 amide bonds. The third-order valence-corrected chi connectivity index (χ3v) is 6.02. The van der Waals surface area contributed by atoms with Crippen molar-refractivity contribution in [1.29, 1.82) is 0 Å². The molecule has 0 aliphatic carbocycles. The van der Waals surface area contributed by atoms with E-state index in [-0.39, 0.29) is 25.0 Å². The van der Waals surface area contributed by atoms with Gasteiger partial charge < -0.3 is 15.2 Å². The predicted octanol–water partition coefficient (Wildman–Crippen LogP) is 6.99. The summed E-state index contributed by atoms with van der Waals surface area (Å²) < 4.78 is 6.49. The van der Waals surface area contributed by atoms with Gasteiger partial charge in [0.15, 0.2) is 0 Å². The molecule has 1 unspecified atom stereocenters. The zero-order valence-electron chi connectivity index (χ0n) is 20.6. The van der Waals surface area contributed by atoms with Crippen LogP contribution in [0.1, 0.15) is 59.8 Å². The monoisotopic (exact) mass is 493 g/mol. The highest BCUT2D eigenvalue weighted by Gasteiger charge is 2.18. The normalized spacial score (nSPS) is 11.8. The van der Waals surface area contributed by atoms with E-state index in [0.717, 1.165) is 34.4 Å². The van der Waals surface area contributed by atoms with Crippen molar-refractivity contribution < 1.29 is 19.4 Å². The Morgan fingerprint density at radius 3 is 2.11 bits per heavy atom. The molecule has 184 valence electrons. The van der Waals surface area contributed by atoms with E-state index in [1.807, 2.05) is 36.4 Å². The number of aryl methyl sites for hydroxylation is 2. The number of ether oxygens (including phenoxy) is 1. The van der Waals surface area contributed by atoms with Gasteiger partial charge in [0.1, 0.15) is 11.9 Å². The Kier molecular flexibility index (Phi) is 8.94. The Bertz CT molecular complexity index is 1150. The summed E-state index contributed by atoms with van der Waals surface area (Å²) in [5.41, 5.74) is 6.01. The topological polar surface area (TPSA) is 75.6 Å². The highest BCUT2D eigenvalue weighted by molar-refractivity contribution is 6.30. The van der Waals surface area contributed by atoms with E-state index in [1.165, 1.54) is 5.56 Å². The lowest BCUT2D eigenvalue weighted by Crippen LogP contribution is -2.26. The summed E-state index contributed by atoms with van der Waals surface area (Å²) in [6, 6.07) is 19.3. The summed E-state index contributed by atoms with van der Waals surface area (Å²) in [5, 5.41) is 12.1. The Hall–Kier alpha value is -3.31. The first-order chi connectivity index (χ1) is 16.6. The molecule has 0 bridgehead atoms. The van der Waals surface area contributed by atoms with E-state index < -0.39 is 5.97 Å². The molecule has 5 nitrogen and oxygen atoms in total. The van der Waals surface area contributed by atoms with Crippen LogP contribution in [-0.4, -0.2) is 23.5 Å². The van der Waals surface area contributed by atoms with Crippen molar-refractivity contribution in [3.63, 3.8) is 0 Å². The van der Waals surface area contributed by atoms with Crippen molar-refractivity contribution in [2.45, 2.75) is 46.6 Å². The van der Waals surface area contributed by atoms with Crippen LogP contribution in [0.5, 0.6) is 5.75 Å². The average molecular weight is 494 g/mol. The smallest absolute Gasteiger partial charge is 0.305 e. The molecule has 0 aromatic heterocycles. The summed E-state index contributed by atoms with van der Waals surface area (Å²) in [4.78, 5) is 22.9. The van der Waals surface area contributed by atoms with E-state index >= 15 is 0 Å². The molecule has 0 aliphatic rings. The summed E-state index contributed by atoms with van der Waals surface area (Å²) in [7, 11) is 0. The van der Waals surface area contributed by atoms with Gasteiger partial charge >= 0.3 is 5.97 Å². The van der Waals surface area contributed by atoms with Crippen molar-refractivity contribution >= 4 is 23.5 Å². The lowest BCUT2D eigenvalue weighted by atomic mass is 9.95. The number of carbonyl (C=O) groups excluding carboxylic acids is 1. The van der Waals surface area contributed by atoms with Crippen LogP contribution in [0.4, 0.5) is 0 Å². The molecule has 0 radical (unpaired) electrons.